The minimum atomic E-state index is -0.648. The molecule has 0 aromatic heterocycles. The Morgan fingerprint density at radius 2 is 2.08 bits per heavy atom. The van der Waals surface area contributed by atoms with E-state index in [0.717, 1.165) is 6.54 Å². The van der Waals surface area contributed by atoms with Crippen LogP contribution in [0.1, 0.15) is 20.8 Å². The van der Waals surface area contributed by atoms with E-state index in [1.54, 1.807) is 0 Å². The van der Waals surface area contributed by atoms with Crippen molar-refractivity contribution in [2.24, 2.45) is 11.8 Å². The molecule has 1 aliphatic rings. The molecule has 1 N–H and O–H groups in total. The Morgan fingerprint density at radius 3 is 2.33 bits per heavy atom. The van der Waals surface area contributed by atoms with Crippen molar-refractivity contribution in [2.75, 3.05) is 13.1 Å². The summed E-state index contributed by atoms with van der Waals surface area (Å²) in [4.78, 5) is 13.0. The Labute approximate surface area is 73.4 Å². The van der Waals surface area contributed by atoms with E-state index in [-0.39, 0.29) is 5.92 Å². The van der Waals surface area contributed by atoms with Crippen LogP contribution in [0.3, 0.4) is 0 Å². The van der Waals surface area contributed by atoms with Gasteiger partial charge in [0, 0.05) is 19.1 Å². The number of hydrogen-bond donors (Lipinski definition) is 1. The monoisotopic (exact) mass is 171 g/mol. The van der Waals surface area contributed by atoms with Crippen LogP contribution in [0.25, 0.3) is 0 Å². The normalized spacial score (nSPS) is 31.3. The summed E-state index contributed by atoms with van der Waals surface area (Å²) in [5.41, 5.74) is 0. The van der Waals surface area contributed by atoms with Gasteiger partial charge in [-0.2, -0.15) is 0 Å². The van der Waals surface area contributed by atoms with Crippen LogP contribution in [0.4, 0.5) is 0 Å². The van der Waals surface area contributed by atoms with E-state index in [4.69, 9.17) is 5.11 Å². The summed E-state index contributed by atoms with van der Waals surface area (Å²) in [5, 5.41) is 8.86. The highest BCUT2D eigenvalue weighted by atomic mass is 16.4. The van der Waals surface area contributed by atoms with Gasteiger partial charge in [-0.25, -0.2) is 0 Å². The third kappa shape index (κ3) is 1.78. The smallest absolute Gasteiger partial charge is 0.308 e. The number of carbonyl (C=O) groups is 1. The Bertz CT molecular complexity index is 179. The number of carboxylic acid groups (broad SMARTS) is 1. The van der Waals surface area contributed by atoms with Crippen molar-refractivity contribution in [1.82, 2.24) is 4.90 Å². The number of hydrogen-bond acceptors (Lipinski definition) is 2. The maximum Gasteiger partial charge on any atom is 0.308 e. The van der Waals surface area contributed by atoms with Crippen molar-refractivity contribution in [3.8, 4) is 0 Å². The highest BCUT2D eigenvalue weighted by molar-refractivity contribution is 5.71. The summed E-state index contributed by atoms with van der Waals surface area (Å²) in [7, 11) is 0. The van der Waals surface area contributed by atoms with Crippen molar-refractivity contribution >= 4 is 5.97 Å². The molecule has 0 bridgehead atoms. The van der Waals surface area contributed by atoms with Gasteiger partial charge in [0.15, 0.2) is 0 Å². The summed E-state index contributed by atoms with van der Waals surface area (Å²) in [6, 6.07) is 0.469. The van der Waals surface area contributed by atoms with Crippen molar-refractivity contribution in [2.45, 2.75) is 26.8 Å². The first kappa shape index (κ1) is 9.52. The third-order valence-corrected chi connectivity index (χ3v) is 2.69. The van der Waals surface area contributed by atoms with Gasteiger partial charge in [0.05, 0.1) is 5.92 Å². The van der Waals surface area contributed by atoms with E-state index in [9.17, 15) is 4.79 Å². The SMILES string of the molecule is CC1CN(C(C)C)CC1C(=O)O. The predicted molar refractivity (Wildman–Crippen MR) is 47.0 cm³/mol. The minimum absolute atomic E-state index is 0.160. The molecule has 0 aromatic rings. The second kappa shape index (κ2) is 3.44. The molecular formula is C9H17NO2. The molecule has 3 nitrogen and oxygen atoms in total. The molecule has 0 radical (unpaired) electrons. The van der Waals surface area contributed by atoms with Gasteiger partial charge in [-0.15, -0.1) is 0 Å². The summed E-state index contributed by atoms with van der Waals surface area (Å²) in [6.07, 6.45) is 0. The Balaban J connectivity index is 2.56. The molecule has 1 fully saturated rings. The first-order valence-corrected chi connectivity index (χ1v) is 4.49. The number of aliphatic carboxylic acids is 1. The molecule has 0 aliphatic carbocycles. The molecule has 0 saturated carbocycles. The highest BCUT2D eigenvalue weighted by Crippen LogP contribution is 2.24. The zero-order chi connectivity index (χ0) is 9.30. The predicted octanol–water partition coefficient (Wildman–Crippen LogP) is 1.05. The topological polar surface area (TPSA) is 40.5 Å². The first-order valence-electron chi connectivity index (χ1n) is 4.49. The number of carboxylic acids is 1. The largest absolute Gasteiger partial charge is 0.481 e. The highest BCUT2D eigenvalue weighted by Gasteiger charge is 2.35. The van der Waals surface area contributed by atoms with Crippen molar-refractivity contribution in [3.05, 3.63) is 0 Å². The Morgan fingerprint density at radius 1 is 1.50 bits per heavy atom. The quantitative estimate of drug-likeness (QED) is 0.675. The van der Waals surface area contributed by atoms with E-state index in [1.807, 2.05) is 6.92 Å². The maximum atomic E-state index is 10.8. The van der Waals surface area contributed by atoms with Crippen LogP contribution >= 0.6 is 0 Å². The molecule has 1 heterocycles. The van der Waals surface area contributed by atoms with Crippen LogP contribution in [0, 0.1) is 11.8 Å². The molecule has 0 aromatic carbocycles. The molecule has 1 rings (SSSR count). The lowest BCUT2D eigenvalue weighted by molar-refractivity contribution is -0.142. The fourth-order valence-corrected chi connectivity index (χ4v) is 1.75. The molecule has 0 spiro atoms. The van der Waals surface area contributed by atoms with Gasteiger partial charge in [-0.3, -0.25) is 9.69 Å². The maximum absolute atomic E-state index is 10.8. The average Bonchev–Trinajstić information content (AvgIpc) is 2.30. The van der Waals surface area contributed by atoms with Gasteiger partial charge in [0.2, 0.25) is 0 Å². The van der Waals surface area contributed by atoms with Gasteiger partial charge < -0.3 is 5.11 Å². The lowest BCUT2D eigenvalue weighted by Crippen LogP contribution is -2.29. The minimum Gasteiger partial charge on any atom is -0.481 e. The molecule has 2 atom stereocenters. The van der Waals surface area contributed by atoms with Gasteiger partial charge in [-0.05, 0) is 19.8 Å². The molecule has 1 aliphatic heterocycles. The van der Waals surface area contributed by atoms with Crippen LogP contribution in [-0.2, 0) is 4.79 Å². The fraction of sp³-hybridized carbons (Fsp3) is 0.889. The van der Waals surface area contributed by atoms with Gasteiger partial charge in [-0.1, -0.05) is 6.92 Å². The molecule has 3 heteroatoms. The zero-order valence-electron chi connectivity index (χ0n) is 7.95. The summed E-state index contributed by atoms with van der Waals surface area (Å²) < 4.78 is 0. The molecule has 70 valence electrons. The third-order valence-electron chi connectivity index (χ3n) is 2.69. The fourth-order valence-electron chi connectivity index (χ4n) is 1.75. The van der Waals surface area contributed by atoms with Gasteiger partial charge in [0.1, 0.15) is 0 Å². The Kier molecular flexibility index (Phi) is 2.73. The molecule has 1 saturated heterocycles. The first-order chi connectivity index (χ1) is 5.52. The second-order valence-corrected chi connectivity index (χ2v) is 3.97. The number of likely N-dealkylation sites (tertiary alicyclic amines) is 1. The Hall–Kier alpha value is -0.570. The molecule has 2 unspecified atom stereocenters. The summed E-state index contributed by atoms with van der Waals surface area (Å²) >= 11 is 0. The van der Waals surface area contributed by atoms with E-state index in [0.29, 0.717) is 18.5 Å². The number of nitrogens with zero attached hydrogens (tertiary/aromatic N) is 1. The van der Waals surface area contributed by atoms with E-state index in [1.165, 1.54) is 0 Å². The van der Waals surface area contributed by atoms with E-state index >= 15 is 0 Å². The lowest BCUT2D eigenvalue weighted by atomic mass is 9.99. The summed E-state index contributed by atoms with van der Waals surface area (Å²) in [6.45, 7) is 7.87. The van der Waals surface area contributed by atoms with E-state index < -0.39 is 5.97 Å². The molecule has 12 heavy (non-hydrogen) atoms. The van der Waals surface area contributed by atoms with Crippen LogP contribution in [0.15, 0.2) is 0 Å². The lowest BCUT2D eigenvalue weighted by Gasteiger charge is -2.19. The van der Waals surface area contributed by atoms with Crippen LogP contribution in [0.5, 0.6) is 0 Å². The second-order valence-electron chi connectivity index (χ2n) is 3.97. The van der Waals surface area contributed by atoms with Crippen LogP contribution < -0.4 is 0 Å². The zero-order valence-corrected chi connectivity index (χ0v) is 7.95. The van der Waals surface area contributed by atoms with Crippen LogP contribution in [0.2, 0.25) is 0 Å². The number of rotatable bonds is 2. The van der Waals surface area contributed by atoms with Crippen molar-refractivity contribution < 1.29 is 9.90 Å². The van der Waals surface area contributed by atoms with Crippen molar-refractivity contribution in [1.29, 1.82) is 0 Å². The summed E-state index contributed by atoms with van der Waals surface area (Å²) in [5.74, 6) is -0.511. The van der Waals surface area contributed by atoms with E-state index in [2.05, 4.69) is 18.7 Å². The molecular weight excluding hydrogens is 154 g/mol. The molecule has 0 amide bonds. The average molecular weight is 171 g/mol. The standard InChI is InChI=1S/C9H17NO2/c1-6(2)10-4-7(3)8(5-10)9(11)12/h6-8H,4-5H2,1-3H3,(H,11,12). The van der Waals surface area contributed by atoms with Gasteiger partial charge >= 0.3 is 5.97 Å². The van der Waals surface area contributed by atoms with Crippen molar-refractivity contribution in [3.63, 3.8) is 0 Å². The van der Waals surface area contributed by atoms with Crippen LogP contribution in [-0.4, -0.2) is 35.1 Å². The van der Waals surface area contributed by atoms with Gasteiger partial charge in [0.25, 0.3) is 0 Å².